The van der Waals surface area contributed by atoms with Gasteiger partial charge in [0.2, 0.25) is 5.91 Å². The summed E-state index contributed by atoms with van der Waals surface area (Å²) in [4.78, 5) is 37.2. The number of carboxylic acid groups (broad SMARTS) is 1. The number of carbonyl (C=O) groups excluding carboxylic acids is 2. The molecule has 174 valence electrons. The van der Waals surface area contributed by atoms with E-state index in [1.165, 1.54) is 28.2 Å². The van der Waals surface area contributed by atoms with E-state index < -0.39 is 12.1 Å². The molecule has 2 N–H and O–H groups in total. The van der Waals surface area contributed by atoms with Gasteiger partial charge >= 0.3 is 12.1 Å². The van der Waals surface area contributed by atoms with E-state index in [0.717, 1.165) is 11.1 Å². The van der Waals surface area contributed by atoms with Crippen LogP contribution in [0.1, 0.15) is 40.2 Å². The molecular weight excluding hydrogens is 432 g/mol. The second kappa shape index (κ2) is 10.2. The summed E-state index contributed by atoms with van der Waals surface area (Å²) in [5.41, 5.74) is 5.27. The lowest BCUT2D eigenvalue weighted by Gasteiger charge is -2.18. The highest BCUT2D eigenvalue weighted by Gasteiger charge is 2.28. The number of amides is 2. The van der Waals surface area contributed by atoms with Gasteiger partial charge in [-0.3, -0.25) is 4.79 Å². The van der Waals surface area contributed by atoms with Gasteiger partial charge in [-0.05, 0) is 46.9 Å². The number of hydrogen-bond acceptors (Lipinski definition) is 4. The molecule has 0 spiro atoms. The van der Waals surface area contributed by atoms with Crippen LogP contribution in [0.25, 0.3) is 11.1 Å². The van der Waals surface area contributed by atoms with Crippen molar-refractivity contribution in [3.8, 4) is 11.1 Å². The molecule has 7 nitrogen and oxygen atoms in total. The van der Waals surface area contributed by atoms with Crippen LogP contribution in [0.2, 0.25) is 0 Å². The van der Waals surface area contributed by atoms with Gasteiger partial charge in [0.15, 0.2) is 0 Å². The Kier molecular flexibility index (Phi) is 6.92. The topological polar surface area (TPSA) is 95.9 Å². The largest absolute Gasteiger partial charge is 0.478 e. The van der Waals surface area contributed by atoms with Crippen molar-refractivity contribution >= 4 is 23.7 Å². The highest BCUT2D eigenvalue weighted by atomic mass is 16.5. The molecule has 0 atom stereocenters. The van der Waals surface area contributed by atoms with Crippen molar-refractivity contribution < 1.29 is 24.2 Å². The van der Waals surface area contributed by atoms with Crippen LogP contribution in [0.3, 0.4) is 0 Å². The Balaban J connectivity index is 1.24. The number of carbonyl (C=O) groups is 3. The highest BCUT2D eigenvalue weighted by Crippen LogP contribution is 2.44. The van der Waals surface area contributed by atoms with Gasteiger partial charge in [-0.2, -0.15) is 0 Å². The average molecular weight is 459 g/mol. The van der Waals surface area contributed by atoms with E-state index in [1.807, 2.05) is 24.3 Å². The Bertz CT molecular complexity index is 1180. The van der Waals surface area contributed by atoms with E-state index in [2.05, 4.69) is 29.6 Å². The van der Waals surface area contributed by atoms with E-state index in [0.29, 0.717) is 18.7 Å². The Morgan fingerprint density at radius 1 is 0.941 bits per heavy atom. The molecule has 0 saturated heterocycles. The van der Waals surface area contributed by atoms with Crippen LogP contribution in [0.5, 0.6) is 0 Å². The molecule has 4 rings (SSSR count). The molecule has 0 saturated carbocycles. The Morgan fingerprint density at radius 2 is 1.59 bits per heavy atom. The summed E-state index contributed by atoms with van der Waals surface area (Å²) in [6.07, 6.45) is 0.125. The fraction of sp³-hybridized carbons (Fsp3) is 0.222. The zero-order valence-corrected chi connectivity index (χ0v) is 18.9. The molecule has 1 aliphatic rings. The maximum Gasteiger partial charge on any atom is 0.407 e. The fourth-order valence-corrected chi connectivity index (χ4v) is 4.24. The number of anilines is 1. The standard InChI is InChI=1S/C27H26N2O5/c1-29(19-9-6-8-18(16-19)26(31)32)25(30)14-7-15-28-27(33)34-17-24-22-12-4-2-10-20(22)21-11-3-5-13-23(21)24/h2-6,8-13,16,24H,7,14-15,17H2,1H3,(H,28,33)(H,31,32). The van der Waals surface area contributed by atoms with Crippen LogP contribution in [0, 0.1) is 0 Å². The third kappa shape index (κ3) is 4.93. The minimum atomic E-state index is -1.05. The smallest absolute Gasteiger partial charge is 0.407 e. The number of benzene rings is 3. The van der Waals surface area contributed by atoms with Crippen molar-refractivity contribution in [2.24, 2.45) is 0 Å². The van der Waals surface area contributed by atoms with Gasteiger partial charge in [-0.25, -0.2) is 9.59 Å². The summed E-state index contributed by atoms with van der Waals surface area (Å²) in [6.45, 7) is 0.535. The molecule has 34 heavy (non-hydrogen) atoms. The van der Waals surface area contributed by atoms with Crippen LogP contribution < -0.4 is 10.2 Å². The Hall–Kier alpha value is -4.13. The maximum atomic E-state index is 12.4. The first kappa shape index (κ1) is 23.0. The predicted octanol–water partition coefficient (Wildman–Crippen LogP) is 4.67. The molecule has 0 radical (unpaired) electrons. The summed E-state index contributed by atoms with van der Waals surface area (Å²) >= 11 is 0. The van der Waals surface area contributed by atoms with E-state index in [4.69, 9.17) is 9.84 Å². The van der Waals surface area contributed by atoms with E-state index in [9.17, 15) is 14.4 Å². The molecule has 0 fully saturated rings. The second-order valence-corrected chi connectivity index (χ2v) is 8.16. The summed E-state index contributed by atoms with van der Waals surface area (Å²) in [5.74, 6) is -1.22. The molecule has 0 aromatic heterocycles. The molecule has 3 aromatic carbocycles. The number of rotatable bonds is 8. The lowest BCUT2D eigenvalue weighted by atomic mass is 9.98. The summed E-state index contributed by atoms with van der Waals surface area (Å²) < 4.78 is 5.50. The number of nitrogens with one attached hydrogen (secondary N) is 1. The van der Waals surface area contributed by atoms with Crippen molar-refractivity contribution in [3.63, 3.8) is 0 Å². The van der Waals surface area contributed by atoms with Gasteiger partial charge in [0, 0.05) is 31.6 Å². The van der Waals surface area contributed by atoms with Crippen LogP contribution >= 0.6 is 0 Å². The number of aromatic carboxylic acids is 1. The van der Waals surface area contributed by atoms with Gasteiger partial charge in [-0.1, -0.05) is 54.6 Å². The summed E-state index contributed by atoms with van der Waals surface area (Å²) in [5, 5.41) is 11.8. The molecule has 3 aromatic rings. The molecular formula is C27H26N2O5. The van der Waals surface area contributed by atoms with Crippen molar-refractivity contribution in [3.05, 3.63) is 89.5 Å². The second-order valence-electron chi connectivity index (χ2n) is 8.16. The minimum absolute atomic E-state index is 0.00468. The van der Waals surface area contributed by atoms with Crippen LogP contribution in [0.15, 0.2) is 72.8 Å². The number of carboxylic acids is 1. The normalized spacial score (nSPS) is 11.9. The molecule has 1 aliphatic carbocycles. The third-order valence-electron chi connectivity index (χ3n) is 6.03. The third-order valence-corrected chi connectivity index (χ3v) is 6.03. The van der Waals surface area contributed by atoms with Crippen LogP contribution in [-0.4, -0.2) is 43.3 Å². The molecule has 0 heterocycles. The van der Waals surface area contributed by atoms with Gasteiger partial charge in [0.1, 0.15) is 6.61 Å². The molecule has 7 heteroatoms. The lowest BCUT2D eigenvalue weighted by Crippen LogP contribution is -2.30. The van der Waals surface area contributed by atoms with Gasteiger partial charge in [0.05, 0.1) is 5.56 Å². The lowest BCUT2D eigenvalue weighted by molar-refractivity contribution is -0.118. The van der Waals surface area contributed by atoms with Crippen molar-refractivity contribution in [2.75, 3.05) is 25.1 Å². The minimum Gasteiger partial charge on any atom is -0.478 e. The fourth-order valence-electron chi connectivity index (χ4n) is 4.24. The average Bonchev–Trinajstić information content (AvgIpc) is 3.18. The first-order valence-electron chi connectivity index (χ1n) is 11.1. The molecule has 2 amide bonds. The number of hydrogen-bond donors (Lipinski definition) is 2. The number of alkyl carbamates (subject to hydrolysis) is 1. The monoisotopic (exact) mass is 458 g/mol. The molecule has 0 unspecified atom stereocenters. The van der Waals surface area contributed by atoms with E-state index in [-0.39, 0.29) is 30.4 Å². The highest BCUT2D eigenvalue weighted by molar-refractivity contribution is 5.95. The first-order valence-corrected chi connectivity index (χ1v) is 11.1. The SMILES string of the molecule is CN(C(=O)CCCNC(=O)OCC1c2ccccc2-c2ccccc21)c1cccc(C(=O)O)c1. The molecule has 0 bridgehead atoms. The van der Waals surface area contributed by atoms with Crippen LogP contribution in [0.4, 0.5) is 10.5 Å². The Labute approximate surface area is 198 Å². The summed E-state index contributed by atoms with van der Waals surface area (Å²) in [6, 6.07) is 22.5. The van der Waals surface area contributed by atoms with Gasteiger partial charge in [-0.15, -0.1) is 0 Å². The predicted molar refractivity (Wildman–Crippen MR) is 129 cm³/mol. The quantitative estimate of drug-likeness (QED) is 0.479. The molecule has 0 aliphatic heterocycles. The van der Waals surface area contributed by atoms with Gasteiger partial charge < -0.3 is 20.1 Å². The summed E-state index contributed by atoms with van der Waals surface area (Å²) in [7, 11) is 1.60. The van der Waals surface area contributed by atoms with Crippen molar-refractivity contribution in [1.82, 2.24) is 5.32 Å². The zero-order chi connectivity index (χ0) is 24.1. The maximum absolute atomic E-state index is 12.4. The van der Waals surface area contributed by atoms with Gasteiger partial charge in [0.25, 0.3) is 0 Å². The Morgan fingerprint density at radius 3 is 2.24 bits per heavy atom. The van der Waals surface area contributed by atoms with Crippen molar-refractivity contribution in [2.45, 2.75) is 18.8 Å². The van der Waals surface area contributed by atoms with E-state index >= 15 is 0 Å². The number of fused-ring (bicyclic) bond motifs is 3. The first-order chi connectivity index (χ1) is 16.5. The zero-order valence-electron chi connectivity index (χ0n) is 18.9. The number of ether oxygens (including phenoxy) is 1. The number of nitrogens with zero attached hydrogens (tertiary/aromatic N) is 1. The van der Waals surface area contributed by atoms with Crippen LogP contribution in [-0.2, 0) is 9.53 Å². The van der Waals surface area contributed by atoms with Crippen molar-refractivity contribution in [1.29, 1.82) is 0 Å². The van der Waals surface area contributed by atoms with E-state index in [1.54, 1.807) is 19.2 Å².